The first-order chi connectivity index (χ1) is 15.1. The Morgan fingerprint density at radius 2 is 1.39 bits per heavy atom. The first kappa shape index (κ1) is 20.3. The van der Waals surface area contributed by atoms with Gasteiger partial charge in [-0.3, -0.25) is 9.78 Å². The second-order valence-electron chi connectivity index (χ2n) is 7.72. The van der Waals surface area contributed by atoms with Crippen LogP contribution >= 0.6 is 0 Å². The van der Waals surface area contributed by atoms with Crippen molar-refractivity contribution >= 4 is 23.0 Å². The average Bonchev–Trinajstić information content (AvgIpc) is 2.78. The predicted octanol–water partition coefficient (Wildman–Crippen LogP) is 5.37. The maximum atomic E-state index is 12.5. The summed E-state index contributed by atoms with van der Waals surface area (Å²) >= 11 is 0. The fraction of sp³-hybridized carbons (Fsp3) is 0.160. The minimum absolute atomic E-state index is 0.243. The minimum Gasteiger partial charge on any atom is -0.356 e. The molecule has 0 radical (unpaired) electrons. The highest BCUT2D eigenvalue weighted by Gasteiger charge is 2.07. The molecule has 0 spiro atoms. The van der Waals surface area contributed by atoms with E-state index < -0.39 is 0 Å². The molecule has 0 aliphatic rings. The van der Waals surface area contributed by atoms with Gasteiger partial charge in [-0.25, -0.2) is 0 Å². The van der Waals surface area contributed by atoms with Gasteiger partial charge in [0.25, 0.3) is 5.56 Å². The van der Waals surface area contributed by atoms with Gasteiger partial charge in [0.15, 0.2) is 0 Å². The van der Waals surface area contributed by atoms with Crippen molar-refractivity contribution in [3.05, 3.63) is 106 Å². The minimum atomic E-state index is -0.243. The van der Waals surface area contributed by atoms with Gasteiger partial charge in [-0.05, 0) is 53.4 Å². The standard InChI is InChI=1S/C25H25N5O/c1-17(2)19-10-8-18(9-11-19)16-23-24(31)28-25(30-29-23)27-22-14-12-21(13-15-22)26-20-6-4-3-5-7-20/h3-15,17,26H,16H2,1-2H3,(H2,27,28,30,31). The van der Waals surface area contributed by atoms with Gasteiger partial charge in [-0.2, -0.15) is 0 Å². The van der Waals surface area contributed by atoms with Gasteiger partial charge in [-0.15, -0.1) is 10.2 Å². The third-order valence-electron chi connectivity index (χ3n) is 4.99. The number of aromatic amines is 1. The van der Waals surface area contributed by atoms with E-state index in [0.717, 1.165) is 22.6 Å². The SMILES string of the molecule is CC(C)c1ccc(Cc2nnc(Nc3ccc(Nc4ccccc4)cc3)[nH]c2=O)cc1. The molecule has 0 aliphatic carbocycles. The molecule has 1 heterocycles. The van der Waals surface area contributed by atoms with Crippen LogP contribution in [0.15, 0.2) is 83.7 Å². The molecular weight excluding hydrogens is 386 g/mol. The summed E-state index contributed by atoms with van der Waals surface area (Å²) in [5.41, 5.74) is 5.25. The van der Waals surface area contributed by atoms with E-state index in [0.29, 0.717) is 24.0 Å². The molecular formula is C25H25N5O. The fourth-order valence-corrected chi connectivity index (χ4v) is 3.21. The molecule has 0 bridgehead atoms. The first-order valence-electron chi connectivity index (χ1n) is 10.3. The number of benzene rings is 3. The zero-order valence-corrected chi connectivity index (χ0v) is 17.6. The molecule has 0 aliphatic heterocycles. The molecule has 156 valence electrons. The summed E-state index contributed by atoms with van der Waals surface area (Å²) in [4.78, 5) is 15.2. The van der Waals surface area contributed by atoms with Gasteiger partial charge in [0, 0.05) is 23.5 Å². The third kappa shape index (κ3) is 5.36. The van der Waals surface area contributed by atoms with E-state index >= 15 is 0 Å². The average molecular weight is 412 g/mol. The van der Waals surface area contributed by atoms with Crippen LogP contribution in [0.3, 0.4) is 0 Å². The van der Waals surface area contributed by atoms with Gasteiger partial charge in [0.2, 0.25) is 5.95 Å². The largest absolute Gasteiger partial charge is 0.356 e. The van der Waals surface area contributed by atoms with Crippen LogP contribution < -0.4 is 16.2 Å². The van der Waals surface area contributed by atoms with E-state index in [1.54, 1.807) is 0 Å². The van der Waals surface area contributed by atoms with Crippen molar-refractivity contribution in [3.8, 4) is 0 Å². The molecule has 0 saturated carbocycles. The Labute approximate surface area is 181 Å². The summed E-state index contributed by atoms with van der Waals surface area (Å²) in [5.74, 6) is 0.790. The number of H-pyrrole nitrogens is 1. The predicted molar refractivity (Wildman–Crippen MR) is 125 cm³/mol. The molecule has 4 aromatic rings. The number of nitrogens with zero attached hydrogens (tertiary/aromatic N) is 2. The lowest BCUT2D eigenvalue weighted by molar-refractivity contribution is 0.858. The number of para-hydroxylation sites is 1. The highest BCUT2D eigenvalue weighted by molar-refractivity contribution is 5.63. The summed E-state index contributed by atoms with van der Waals surface area (Å²) in [6.07, 6.45) is 0.445. The van der Waals surface area contributed by atoms with Gasteiger partial charge in [0.05, 0.1) is 0 Å². The van der Waals surface area contributed by atoms with E-state index in [-0.39, 0.29) is 5.56 Å². The number of rotatable bonds is 7. The summed E-state index contributed by atoms with van der Waals surface area (Å²) in [6, 6.07) is 25.9. The topological polar surface area (TPSA) is 82.7 Å². The van der Waals surface area contributed by atoms with Crippen molar-refractivity contribution in [1.29, 1.82) is 0 Å². The molecule has 0 atom stereocenters. The van der Waals surface area contributed by atoms with E-state index in [1.807, 2.05) is 66.7 Å². The molecule has 0 unspecified atom stereocenters. The van der Waals surface area contributed by atoms with Crippen LogP contribution in [-0.2, 0) is 6.42 Å². The number of hydrogen-bond donors (Lipinski definition) is 3. The van der Waals surface area contributed by atoms with Crippen LogP contribution in [-0.4, -0.2) is 15.2 Å². The molecule has 4 rings (SSSR count). The Morgan fingerprint density at radius 1 is 0.774 bits per heavy atom. The normalized spacial score (nSPS) is 10.8. The second kappa shape index (κ2) is 9.26. The van der Waals surface area contributed by atoms with Crippen molar-refractivity contribution in [2.24, 2.45) is 0 Å². The molecule has 31 heavy (non-hydrogen) atoms. The molecule has 3 N–H and O–H groups in total. The molecule has 1 aromatic heterocycles. The molecule has 0 amide bonds. The van der Waals surface area contributed by atoms with Crippen LogP contribution in [0.4, 0.5) is 23.0 Å². The number of aromatic nitrogens is 3. The molecule has 6 heteroatoms. The molecule has 0 fully saturated rings. The highest BCUT2D eigenvalue weighted by Crippen LogP contribution is 2.20. The number of hydrogen-bond acceptors (Lipinski definition) is 5. The van der Waals surface area contributed by atoms with Gasteiger partial charge >= 0.3 is 0 Å². The smallest absolute Gasteiger partial charge is 0.274 e. The van der Waals surface area contributed by atoms with E-state index in [2.05, 4.69) is 51.8 Å². The lowest BCUT2D eigenvalue weighted by Gasteiger charge is -2.09. The zero-order valence-electron chi connectivity index (χ0n) is 17.6. The van der Waals surface area contributed by atoms with Gasteiger partial charge in [-0.1, -0.05) is 56.3 Å². The Balaban J connectivity index is 1.40. The summed E-state index contributed by atoms with van der Waals surface area (Å²) < 4.78 is 0. The highest BCUT2D eigenvalue weighted by atomic mass is 16.1. The quantitative estimate of drug-likeness (QED) is 0.381. The Kier molecular flexibility index (Phi) is 6.08. The first-order valence-corrected chi connectivity index (χ1v) is 10.3. The van der Waals surface area contributed by atoms with Crippen molar-refractivity contribution in [1.82, 2.24) is 15.2 Å². The van der Waals surface area contributed by atoms with Crippen molar-refractivity contribution in [3.63, 3.8) is 0 Å². The number of anilines is 4. The summed E-state index contributed by atoms with van der Waals surface area (Å²) in [7, 11) is 0. The molecule has 0 saturated heterocycles. The van der Waals surface area contributed by atoms with Gasteiger partial charge in [0.1, 0.15) is 5.69 Å². The lowest BCUT2D eigenvalue weighted by Crippen LogP contribution is -2.18. The van der Waals surface area contributed by atoms with Crippen LogP contribution in [0.1, 0.15) is 36.6 Å². The number of nitrogens with one attached hydrogen (secondary N) is 3. The van der Waals surface area contributed by atoms with Crippen molar-refractivity contribution < 1.29 is 0 Å². The van der Waals surface area contributed by atoms with Crippen LogP contribution in [0.2, 0.25) is 0 Å². The Morgan fingerprint density at radius 3 is 2.00 bits per heavy atom. The van der Waals surface area contributed by atoms with Crippen molar-refractivity contribution in [2.75, 3.05) is 10.6 Å². The van der Waals surface area contributed by atoms with Crippen molar-refractivity contribution in [2.45, 2.75) is 26.2 Å². The molecule has 3 aromatic carbocycles. The van der Waals surface area contributed by atoms with E-state index in [4.69, 9.17) is 0 Å². The summed E-state index contributed by atoms with van der Waals surface area (Å²) in [6.45, 7) is 4.31. The zero-order chi connectivity index (χ0) is 21.6. The van der Waals surface area contributed by atoms with Crippen LogP contribution in [0.5, 0.6) is 0 Å². The Hall–Kier alpha value is -3.93. The fourth-order valence-electron chi connectivity index (χ4n) is 3.21. The maximum Gasteiger partial charge on any atom is 0.274 e. The molecule has 6 nitrogen and oxygen atoms in total. The third-order valence-corrected chi connectivity index (χ3v) is 4.99. The Bertz CT molecular complexity index is 1180. The van der Waals surface area contributed by atoms with E-state index in [1.165, 1.54) is 5.56 Å². The monoisotopic (exact) mass is 411 g/mol. The van der Waals surface area contributed by atoms with Gasteiger partial charge < -0.3 is 10.6 Å². The van der Waals surface area contributed by atoms with Crippen LogP contribution in [0.25, 0.3) is 0 Å². The van der Waals surface area contributed by atoms with E-state index in [9.17, 15) is 4.79 Å². The lowest BCUT2D eigenvalue weighted by atomic mass is 10.0. The summed E-state index contributed by atoms with van der Waals surface area (Å²) in [5, 5.41) is 14.7. The maximum absolute atomic E-state index is 12.5. The second-order valence-corrected chi connectivity index (χ2v) is 7.72. The van der Waals surface area contributed by atoms with Crippen LogP contribution in [0, 0.1) is 0 Å².